The molecule has 0 saturated heterocycles. The number of carbonyl (C=O) groups excluding carboxylic acids is 1. The van der Waals surface area contributed by atoms with Crippen LogP contribution in [0.1, 0.15) is 67.8 Å². The van der Waals surface area contributed by atoms with Crippen LogP contribution in [0, 0.1) is 11.8 Å². The van der Waals surface area contributed by atoms with Crippen molar-refractivity contribution >= 4 is 17.0 Å². The summed E-state index contributed by atoms with van der Waals surface area (Å²) in [5.74, 6) is 1.13. The van der Waals surface area contributed by atoms with Gasteiger partial charge in [0, 0.05) is 11.6 Å². The monoisotopic (exact) mass is 325 g/mol. The fourth-order valence-corrected chi connectivity index (χ4v) is 5.00. The first-order valence-corrected chi connectivity index (χ1v) is 9.32. The van der Waals surface area contributed by atoms with Crippen LogP contribution in [0.4, 0.5) is 0 Å². The van der Waals surface area contributed by atoms with E-state index in [0.717, 1.165) is 23.4 Å². The van der Waals surface area contributed by atoms with E-state index in [1.165, 1.54) is 44.9 Å². The van der Waals surface area contributed by atoms with E-state index in [9.17, 15) is 4.79 Å². The van der Waals surface area contributed by atoms with Gasteiger partial charge in [0.1, 0.15) is 6.10 Å². The van der Waals surface area contributed by atoms with Crippen LogP contribution in [-0.4, -0.2) is 26.8 Å². The van der Waals surface area contributed by atoms with E-state index in [-0.39, 0.29) is 12.1 Å². The highest BCUT2D eigenvalue weighted by Crippen LogP contribution is 2.46. The Morgan fingerprint density at radius 1 is 1.12 bits per heavy atom. The molecular weight excluding hydrogens is 302 g/mol. The molecule has 0 unspecified atom stereocenters. The highest BCUT2D eigenvalue weighted by Gasteiger charge is 2.41. The van der Waals surface area contributed by atoms with Crippen molar-refractivity contribution in [1.82, 2.24) is 14.8 Å². The van der Waals surface area contributed by atoms with Crippen LogP contribution in [0.15, 0.2) is 18.5 Å². The van der Waals surface area contributed by atoms with E-state index >= 15 is 0 Å². The number of carbonyl (C=O) groups is 1. The number of rotatable bonds is 3. The fourth-order valence-electron chi connectivity index (χ4n) is 5.00. The lowest BCUT2D eigenvalue weighted by atomic mass is 9.98. The predicted molar refractivity (Wildman–Crippen MR) is 89.7 cm³/mol. The molecule has 2 bridgehead atoms. The molecule has 0 aliphatic heterocycles. The third-order valence-corrected chi connectivity index (χ3v) is 6.27. The summed E-state index contributed by atoms with van der Waals surface area (Å²) in [6.45, 7) is 0. The van der Waals surface area contributed by atoms with Gasteiger partial charge in [-0.1, -0.05) is 12.8 Å². The molecular formula is C19H23N3O2. The zero-order valence-corrected chi connectivity index (χ0v) is 13.9. The minimum atomic E-state index is -0.226. The molecule has 3 aliphatic carbocycles. The highest BCUT2D eigenvalue weighted by atomic mass is 16.5. The lowest BCUT2D eigenvalue weighted by Crippen LogP contribution is -2.24. The molecule has 0 radical (unpaired) electrons. The minimum absolute atomic E-state index is 0.119. The van der Waals surface area contributed by atoms with Crippen LogP contribution in [0.5, 0.6) is 0 Å². The van der Waals surface area contributed by atoms with E-state index in [2.05, 4.69) is 10.1 Å². The van der Waals surface area contributed by atoms with E-state index < -0.39 is 0 Å². The number of aromatic nitrogens is 3. The van der Waals surface area contributed by atoms with Crippen molar-refractivity contribution in [3.8, 4) is 0 Å². The van der Waals surface area contributed by atoms with Crippen molar-refractivity contribution in [3.63, 3.8) is 0 Å². The zero-order valence-electron chi connectivity index (χ0n) is 13.9. The highest BCUT2D eigenvalue weighted by molar-refractivity contribution is 5.93. The number of hydrogen-bond donors (Lipinski definition) is 0. The van der Waals surface area contributed by atoms with Crippen LogP contribution in [0.2, 0.25) is 0 Å². The van der Waals surface area contributed by atoms with Crippen molar-refractivity contribution in [2.45, 2.75) is 63.5 Å². The molecule has 3 aliphatic rings. The number of pyridine rings is 1. The molecule has 5 heteroatoms. The molecule has 0 spiro atoms. The number of esters is 1. The van der Waals surface area contributed by atoms with Gasteiger partial charge < -0.3 is 4.74 Å². The lowest BCUT2D eigenvalue weighted by Gasteiger charge is -2.21. The van der Waals surface area contributed by atoms with Crippen LogP contribution in [-0.2, 0) is 4.74 Å². The molecule has 2 aromatic rings. The molecule has 24 heavy (non-hydrogen) atoms. The van der Waals surface area contributed by atoms with Gasteiger partial charge in [0.2, 0.25) is 0 Å². The molecule has 2 aromatic heterocycles. The second-order valence-corrected chi connectivity index (χ2v) is 7.78. The van der Waals surface area contributed by atoms with Gasteiger partial charge in [0.15, 0.2) is 5.65 Å². The lowest BCUT2D eigenvalue weighted by molar-refractivity contribution is 0.0158. The third kappa shape index (κ3) is 2.33. The molecule has 0 N–H and O–H groups in total. The molecule has 3 fully saturated rings. The van der Waals surface area contributed by atoms with E-state index in [1.807, 2.05) is 16.9 Å². The Morgan fingerprint density at radius 2 is 2.00 bits per heavy atom. The second-order valence-electron chi connectivity index (χ2n) is 7.78. The average molecular weight is 325 g/mol. The summed E-state index contributed by atoms with van der Waals surface area (Å²) in [5, 5.41) is 5.45. The normalized spacial score (nSPS) is 29.6. The standard InChI is InChI=1S/C19H23N3O2/c23-19(24-17-8-12-5-6-13(17)7-12)15-9-14-11-21-22(18(14)20-10-15)16-3-1-2-4-16/h9-13,16-17H,1-8H2/t12-,13-,17+/m0/s1. The Hall–Kier alpha value is -1.91. The maximum Gasteiger partial charge on any atom is 0.340 e. The molecule has 2 heterocycles. The second kappa shape index (κ2) is 5.57. The van der Waals surface area contributed by atoms with Gasteiger partial charge in [-0.05, 0) is 56.4 Å². The summed E-state index contributed by atoms with van der Waals surface area (Å²) in [6, 6.07) is 2.35. The molecule has 0 aromatic carbocycles. The molecule has 5 rings (SSSR count). The van der Waals surface area contributed by atoms with E-state index in [4.69, 9.17) is 4.74 Å². The molecule has 3 atom stereocenters. The smallest absolute Gasteiger partial charge is 0.340 e. The fraction of sp³-hybridized carbons (Fsp3) is 0.632. The molecule has 5 nitrogen and oxygen atoms in total. The Kier molecular flexibility index (Phi) is 3.35. The van der Waals surface area contributed by atoms with Crippen molar-refractivity contribution < 1.29 is 9.53 Å². The van der Waals surface area contributed by atoms with Gasteiger partial charge in [-0.15, -0.1) is 0 Å². The first-order chi connectivity index (χ1) is 11.8. The van der Waals surface area contributed by atoms with Crippen molar-refractivity contribution in [1.29, 1.82) is 0 Å². The topological polar surface area (TPSA) is 57.0 Å². The maximum atomic E-state index is 12.5. The van der Waals surface area contributed by atoms with Crippen LogP contribution in [0.3, 0.4) is 0 Å². The van der Waals surface area contributed by atoms with Crippen molar-refractivity contribution in [3.05, 3.63) is 24.0 Å². The summed E-state index contributed by atoms with van der Waals surface area (Å²) in [6.07, 6.45) is 13.3. The Morgan fingerprint density at radius 3 is 2.75 bits per heavy atom. The number of ether oxygens (including phenoxy) is 1. The van der Waals surface area contributed by atoms with Crippen LogP contribution >= 0.6 is 0 Å². The number of hydrogen-bond acceptors (Lipinski definition) is 4. The summed E-state index contributed by atoms with van der Waals surface area (Å²) < 4.78 is 7.82. The van der Waals surface area contributed by atoms with Crippen LogP contribution in [0.25, 0.3) is 11.0 Å². The first kappa shape index (κ1) is 14.4. The van der Waals surface area contributed by atoms with E-state index in [1.54, 1.807) is 6.20 Å². The van der Waals surface area contributed by atoms with Gasteiger partial charge in [-0.25, -0.2) is 14.5 Å². The predicted octanol–water partition coefficient (Wildman–Crippen LogP) is 3.89. The van der Waals surface area contributed by atoms with Gasteiger partial charge >= 0.3 is 5.97 Å². The first-order valence-electron chi connectivity index (χ1n) is 9.32. The number of nitrogens with zero attached hydrogens (tertiary/aromatic N) is 3. The number of fused-ring (bicyclic) bond motifs is 3. The van der Waals surface area contributed by atoms with Gasteiger partial charge in [0.25, 0.3) is 0 Å². The SMILES string of the molecule is O=C(O[C@@H]1C[C@H]2CC[C@H]1C2)c1cnc2c(cnn2C2CCCC2)c1. The summed E-state index contributed by atoms with van der Waals surface area (Å²) in [4.78, 5) is 17.0. The largest absolute Gasteiger partial charge is 0.458 e. The van der Waals surface area contributed by atoms with Crippen molar-refractivity contribution in [2.75, 3.05) is 0 Å². The Labute approximate surface area is 141 Å². The third-order valence-electron chi connectivity index (χ3n) is 6.27. The summed E-state index contributed by atoms with van der Waals surface area (Å²) in [7, 11) is 0. The zero-order chi connectivity index (χ0) is 16.1. The summed E-state index contributed by atoms with van der Waals surface area (Å²) >= 11 is 0. The minimum Gasteiger partial charge on any atom is -0.458 e. The van der Waals surface area contributed by atoms with Crippen molar-refractivity contribution in [2.24, 2.45) is 11.8 Å². The molecule has 0 amide bonds. The van der Waals surface area contributed by atoms with Gasteiger partial charge in [-0.3, -0.25) is 0 Å². The van der Waals surface area contributed by atoms with Gasteiger partial charge in [-0.2, -0.15) is 5.10 Å². The molecule has 3 saturated carbocycles. The Balaban J connectivity index is 1.36. The molecule has 126 valence electrons. The van der Waals surface area contributed by atoms with Gasteiger partial charge in [0.05, 0.1) is 17.8 Å². The van der Waals surface area contributed by atoms with Crippen LogP contribution < -0.4 is 0 Å². The average Bonchev–Trinajstić information content (AvgIpc) is 3.36. The summed E-state index contributed by atoms with van der Waals surface area (Å²) in [5.41, 5.74) is 1.44. The Bertz CT molecular complexity index is 778. The maximum absolute atomic E-state index is 12.5. The van der Waals surface area contributed by atoms with E-state index in [0.29, 0.717) is 17.5 Å². The quantitative estimate of drug-likeness (QED) is 0.803.